The van der Waals surface area contributed by atoms with Gasteiger partial charge >= 0.3 is 0 Å². The number of hydrogen-bond acceptors (Lipinski definition) is 6. The maximum atomic E-state index is 13.5. The maximum absolute atomic E-state index is 13.5. The van der Waals surface area contributed by atoms with E-state index in [0.717, 1.165) is 36.1 Å². The summed E-state index contributed by atoms with van der Waals surface area (Å²) in [7, 11) is -1.83. The zero-order valence-electron chi connectivity index (χ0n) is 17.0. The molecule has 0 bridgehead atoms. The lowest BCUT2D eigenvalue weighted by atomic mass is 9.99. The van der Waals surface area contributed by atoms with Crippen LogP contribution in [0.25, 0.3) is 22.0 Å². The predicted octanol–water partition coefficient (Wildman–Crippen LogP) is 4.34. The van der Waals surface area contributed by atoms with E-state index in [1.807, 2.05) is 26.0 Å². The van der Waals surface area contributed by atoms with E-state index >= 15 is 0 Å². The number of fused-ring (bicyclic) bond motifs is 1. The standard InChI is InChI=1S/C22H26N2O4S/c1-14-22(15(2)28-24-14)18-10-20-19(8-5-9-23-20)21(11-18)29(25,26)13-17-7-4-6-16(17)12-27-3/h5,8-11,16-17H,4,6-7,12-13H2,1-3H3/t16?,17-/m0/s1. The van der Waals surface area contributed by atoms with Crippen LogP contribution < -0.4 is 0 Å². The van der Waals surface area contributed by atoms with Crippen molar-refractivity contribution < 1.29 is 17.7 Å². The highest BCUT2D eigenvalue weighted by Crippen LogP contribution is 2.37. The summed E-state index contributed by atoms with van der Waals surface area (Å²) in [6.45, 7) is 4.30. The molecular formula is C22H26N2O4S. The highest BCUT2D eigenvalue weighted by atomic mass is 32.2. The van der Waals surface area contributed by atoms with Crippen LogP contribution in [0.5, 0.6) is 0 Å². The SMILES string of the molecule is COCC1CCC[C@H]1CS(=O)(=O)c1cc(-c2c(C)noc2C)cc2ncccc12. The third-order valence-corrected chi connectivity index (χ3v) is 7.85. The molecule has 4 rings (SSSR count). The van der Waals surface area contributed by atoms with Gasteiger partial charge in [-0.2, -0.15) is 0 Å². The van der Waals surface area contributed by atoms with Gasteiger partial charge in [0, 0.05) is 30.9 Å². The first-order chi connectivity index (χ1) is 13.9. The van der Waals surface area contributed by atoms with Gasteiger partial charge in [-0.05, 0) is 68.4 Å². The Morgan fingerprint density at radius 3 is 2.72 bits per heavy atom. The second kappa shape index (κ2) is 7.88. The second-order valence-corrected chi connectivity index (χ2v) is 9.93. The number of aryl methyl sites for hydroxylation is 2. The van der Waals surface area contributed by atoms with E-state index in [1.54, 1.807) is 25.4 Å². The Hall–Kier alpha value is -2.25. The van der Waals surface area contributed by atoms with Gasteiger partial charge < -0.3 is 9.26 Å². The van der Waals surface area contributed by atoms with Gasteiger partial charge in [-0.1, -0.05) is 11.6 Å². The monoisotopic (exact) mass is 414 g/mol. The van der Waals surface area contributed by atoms with Gasteiger partial charge in [0.2, 0.25) is 0 Å². The molecule has 1 aliphatic rings. The predicted molar refractivity (Wildman–Crippen MR) is 111 cm³/mol. The number of rotatable bonds is 6. The lowest BCUT2D eigenvalue weighted by molar-refractivity contribution is 0.137. The van der Waals surface area contributed by atoms with E-state index < -0.39 is 9.84 Å². The minimum absolute atomic E-state index is 0.120. The van der Waals surface area contributed by atoms with Crippen LogP contribution in [0.2, 0.25) is 0 Å². The molecule has 29 heavy (non-hydrogen) atoms. The molecule has 1 unspecified atom stereocenters. The largest absolute Gasteiger partial charge is 0.384 e. The molecule has 1 fully saturated rings. The fourth-order valence-electron chi connectivity index (χ4n) is 4.58. The van der Waals surface area contributed by atoms with Crippen LogP contribution in [0.1, 0.15) is 30.7 Å². The summed E-state index contributed by atoms with van der Waals surface area (Å²) in [5, 5.41) is 4.68. The van der Waals surface area contributed by atoms with Crippen LogP contribution >= 0.6 is 0 Å². The Balaban J connectivity index is 1.82. The average molecular weight is 415 g/mol. The molecule has 0 radical (unpaired) electrons. The first kappa shape index (κ1) is 20.0. The Morgan fingerprint density at radius 1 is 1.21 bits per heavy atom. The molecule has 7 heteroatoms. The van der Waals surface area contributed by atoms with E-state index in [-0.39, 0.29) is 11.7 Å². The lowest BCUT2D eigenvalue weighted by Crippen LogP contribution is -2.23. The molecular weight excluding hydrogens is 388 g/mol. The molecule has 0 aliphatic heterocycles. The molecule has 1 saturated carbocycles. The molecule has 0 saturated heterocycles. The number of aromatic nitrogens is 2. The number of benzene rings is 1. The van der Waals surface area contributed by atoms with E-state index in [2.05, 4.69) is 10.1 Å². The summed E-state index contributed by atoms with van der Waals surface area (Å²) in [5.74, 6) is 1.21. The first-order valence-electron chi connectivity index (χ1n) is 9.94. The molecule has 3 aromatic rings. The smallest absolute Gasteiger partial charge is 0.179 e. The number of pyridine rings is 1. The zero-order valence-corrected chi connectivity index (χ0v) is 17.8. The van der Waals surface area contributed by atoms with Crippen molar-refractivity contribution in [2.45, 2.75) is 38.0 Å². The lowest BCUT2D eigenvalue weighted by Gasteiger charge is -2.19. The van der Waals surface area contributed by atoms with Crippen molar-refractivity contribution >= 4 is 20.7 Å². The van der Waals surface area contributed by atoms with Gasteiger partial charge in [0.1, 0.15) is 5.76 Å². The number of methoxy groups -OCH3 is 1. The summed E-state index contributed by atoms with van der Waals surface area (Å²) in [6.07, 6.45) is 4.68. The molecule has 1 aliphatic carbocycles. The van der Waals surface area contributed by atoms with Crippen LogP contribution in [0.4, 0.5) is 0 Å². The Labute approximate surface area is 171 Å². The van der Waals surface area contributed by atoms with Crippen LogP contribution in [0.15, 0.2) is 39.9 Å². The Morgan fingerprint density at radius 2 is 2.00 bits per heavy atom. The number of ether oxygens (including phenoxy) is 1. The van der Waals surface area contributed by atoms with Crippen molar-refractivity contribution in [1.82, 2.24) is 10.1 Å². The zero-order chi connectivity index (χ0) is 20.6. The molecule has 1 aromatic carbocycles. The fraction of sp³-hybridized carbons (Fsp3) is 0.455. The summed E-state index contributed by atoms with van der Waals surface area (Å²) >= 11 is 0. The molecule has 0 amide bonds. The van der Waals surface area contributed by atoms with Crippen molar-refractivity contribution in [3.8, 4) is 11.1 Å². The summed E-state index contributed by atoms with van der Waals surface area (Å²) in [6, 6.07) is 7.27. The van der Waals surface area contributed by atoms with Crippen molar-refractivity contribution in [1.29, 1.82) is 0 Å². The van der Waals surface area contributed by atoms with Crippen LogP contribution in [-0.4, -0.2) is 38.0 Å². The van der Waals surface area contributed by atoms with Crippen LogP contribution in [-0.2, 0) is 14.6 Å². The third kappa shape index (κ3) is 3.81. The summed E-state index contributed by atoms with van der Waals surface area (Å²) in [4.78, 5) is 4.76. The molecule has 6 nitrogen and oxygen atoms in total. The molecule has 2 atom stereocenters. The third-order valence-electron chi connectivity index (χ3n) is 5.97. The fourth-order valence-corrected chi connectivity index (χ4v) is 6.58. The average Bonchev–Trinajstić information content (AvgIpc) is 3.26. The number of nitrogens with zero attached hydrogens (tertiary/aromatic N) is 2. The highest BCUT2D eigenvalue weighted by molar-refractivity contribution is 7.91. The second-order valence-electron chi connectivity index (χ2n) is 7.93. The van der Waals surface area contributed by atoms with Crippen LogP contribution in [0, 0.1) is 25.7 Å². The molecule has 2 heterocycles. The molecule has 0 spiro atoms. The van der Waals surface area contributed by atoms with Gasteiger partial charge in [-0.3, -0.25) is 4.98 Å². The van der Waals surface area contributed by atoms with Crippen molar-refractivity contribution in [2.75, 3.05) is 19.5 Å². The molecule has 0 N–H and O–H groups in total. The number of hydrogen-bond donors (Lipinski definition) is 0. The van der Waals surface area contributed by atoms with Gasteiger partial charge in [0.25, 0.3) is 0 Å². The van der Waals surface area contributed by atoms with Gasteiger partial charge in [0.05, 0.1) is 21.9 Å². The molecule has 2 aromatic heterocycles. The van der Waals surface area contributed by atoms with E-state index in [4.69, 9.17) is 9.26 Å². The van der Waals surface area contributed by atoms with E-state index in [9.17, 15) is 8.42 Å². The minimum Gasteiger partial charge on any atom is -0.384 e. The normalized spacial score (nSPS) is 19.8. The minimum atomic E-state index is -3.51. The van der Waals surface area contributed by atoms with Crippen LogP contribution in [0.3, 0.4) is 0 Å². The van der Waals surface area contributed by atoms with Gasteiger partial charge in [0.15, 0.2) is 9.84 Å². The quantitative estimate of drug-likeness (QED) is 0.597. The maximum Gasteiger partial charge on any atom is 0.179 e. The Bertz CT molecular complexity index is 1120. The topological polar surface area (TPSA) is 82.3 Å². The first-order valence-corrected chi connectivity index (χ1v) is 11.6. The molecule has 154 valence electrons. The van der Waals surface area contributed by atoms with Crippen molar-refractivity contribution in [3.05, 3.63) is 41.9 Å². The van der Waals surface area contributed by atoms with E-state index in [0.29, 0.717) is 34.1 Å². The number of sulfone groups is 1. The van der Waals surface area contributed by atoms with E-state index in [1.165, 1.54) is 0 Å². The highest BCUT2D eigenvalue weighted by Gasteiger charge is 2.33. The van der Waals surface area contributed by atoms with Crippen molar-refractivity contribution in [2.24, 2.45) is 11.8 Å². The summed E-state index contributed by atoms with van der Waals surface area (Å²) < 4.78 is 37.7. The van der Waals surface area contributed by atoms with Crippen molar-refractivity contribution in [3.63, 3.8) is 0 Å². The Kier molecular flexibility index (Phi) is 5.44. The van der Waals surface area contributed by atoms with Gasteiger partial charge in [-0.15, -0.1) is 0 Å². The summed E-state index contributed by atoms with van der Waals surface area (Å²) in [5.41, 5.74) is 2.98. The van der Waals surface area contributed by atoms with Gasteiger partial charge in [-0.25, -0.2) is 8.42 Å².